The molecule has 4 rings (SSSR count). The number of anilines is 1. The average molecular weight is 502 g/mol. The molecule has 0 spiro atoms. The molecule has 0 saturated carbocycles. The van der Waals surface area contributed by atoms with Crippen LogP contribution in [0, 0.1) is 4.64 Å². The van der Waals surface area contributed by atoms with Crippen molar-refractivity contribution in [2.75, 3.05) is 45.8 Å². The van der Waals surface area contributed by atoms with Gasteiger partial charge in [-0.2, -0.15) is 0 Å². The van der Waals surface area contributed by atoms with Crippen molar-refractivity contribution in [3.05, 3.63) is 40.8 Å². The van der Waals surface area contributed by atoms with E-state index in [1.165, 1.54) is 0 Å². The number of benzene rings is 1. The highest BCUT2D eigenvalue weighted by molar-refractivity contribution is 8.15. The van der Waals surface area contributed by atoms with Gasteiger partial charge < -0.3 is 35.6 Å². The van der Waals surface area contributed by atoms with Gasteiger partial charge in [0.2, 0.25) is 5.91 Å². The second-order valence-corrected chi connectivity index (χ2v) is 9.43. The summed E-state index contributed by atoms with van der Waals surface area (Å²) in [7, 11) is 1.62. The number of methoxy groups -OCH3 is 1. The molecule has 1 atom stereocenters. The number of fused-ring (bicyclic) bond motifs is 1. The lowest BCUT2D eigenvalue weighted by atomic mass is 10.0. The number of nitrogens with one attached hydrogen (secondary N) is 3. The normalized spacial score (nSPS) is 15.5. The predicted molar refractivity (Wildman–Crippen MR) is 138 cm³/mol. The molecule has 2 aromatic heterocycles. The van der Waals surface area contributed by atoms with E-state index in [1.807, 2.05) is 24.3 Å². The highest BCUT2D eigenvalue weighted by Crippen LogP contribution is 2.41. The van der Waals surface area contributed by atoms with Crippen LogP contribution in [0.4, 0.5) is 5.69 Å². The SMILES string of the molecule is COCCOc1cc2cc(C3=NCC(CC(=O)NCCO)S3)[nH]c2c(N)c1-c1ccc[nH]c1=S. The van der Waals surface area contributed by atoms with Crippen LogP contribution in [-0.4, -0.2) is 71.3 Å². The molecule has 1 unspecified atom stereocenters. The van der Waals surface area contributed by atoms with Gasteiger partial charge in [0.05, 0.1) is 42.2 Å². The van der Waals surface area contributed by atoms with E-state index >= 15 is 0 Å². The van der Waals surface area contributed by atoms with Crippen LogP contribution in [0.15, 0.2) is 35.5 Å². The number of aliphatic hydroxyl groups excluding tert-OH is 1. The summed E-state index contributed by atoms with van der Waals surface area (Å²) in [5.74, 6) is 0.531. The number of aliphatic imine (C=N–C) groups is 1. The van der Waals surface area contributed by atoms with Gasteiger partial charge in [0, 0.05) is 42.5 Å². The summed E-state index contributed by atoms with van der Waals surface area (Å²) in [5, 5.41) is 13.3. The maximum absolute atomic E-state index is 12.0. The maximum Gasteiger partial charge on any atom is 0.221 e. The number of carbonyl (C=O) groups excluding carboxylic acids is 1. The zero-order valence-corrected chi connectivity index (χ0v) is 20.4. The van der Waals surface area contributed by atoms with Crippen molar-refractivity contribution in [1.29, 1.82) is 0 Å². The Kier molecular flexibility index (Phi) is 7.88. The van der Waals surface area contributed by atoms with Crippen molar-refractivity contribution < 1.29 is 19.4 Å². The van der Waals surface area contributed by atoms with Gasteiger partial charge in [0.25, 0.3) is 0 Å². The van der Waals surface area contributed by atoms with Crippen molar-refractivity contribution in [1.82, 2.24) is 15.3 Å². The number of ether oxygens (including phenoxy) is 2. The van der Waals surface area contributed by atoms with Crippen LogP contribution in [0.5, 0.6) is 5.75 Å². The zero-order chi connectivity index (χ0) is 24.1. The molecule has 6 N–H and O–H groups in total. The summed E-state index contributed by atoms with van der Waals surface area (Å²) >= 11 is 7.06. The largest absolute Gasteiger partial charge is 0.490 e. The molecular formula is C23H27N5O4S2. The minimum Gasteiger partial charge on any atom is -0.490 e. The number of aromatic nitrogens is 2. The highest BCUT2D eigenvalue weighted by atomic mass is 32.2. The number of carbonyl (C=O) groups is 1. The Hall–Kier alpha value is -2.86. The monoisotopic (exact) mass is 501 g/mol. The van der Waals surface area contributed by atoms with Crippen LogP contribution in [-0.2, 0) is 9.53 Å². The van der Waals surface area contributed by atoms with Gasteiger partial charge in [-0.3, -0.25) is 9.79 Å². The van der Waals surface area contributed by atoms with E-state index in [-0.39, 0.29) is 24.3 Å². The van der Waals surface area contributed by atoms with E-state index in [0.717, 1.165) is 32.8 Å². The van der Waals surface area contributed by atoms with Crippen molar-refractivity contribution >= 4 is 51.5 Å². The molecule has 0 fully saturated rings. The first kappa shape index (κ1) is 24.3. The summed E-state index contributed by atoms with van der Waals surface area (Å²) in [6, 6.07) is 7.71. The number of nitrogens with two attached hydrogens (primary N) is 1. The zero-order valence-electron chi connectivity index (χ0n) is 18.7. The second kappa shape index (κ2) is 11.0. The Morgan fingerprint density at radius 1 is 1.41 bits per heavy atom. The number of amides is 1. The van der Waals surface area contributed by atoms with Crippen LogP contribution >= 0.6 is 24.0 Å². The molecule has 3 aromatic rings. The molecule has 11 heteroatoms. The first-order valence-corrected chi connectivity index (χ1v) is 12.1. The van der Waals surface area contributed by atoms with Gasteiger partial charge in [-0.15, -0.1) is 0 Å². The quantitative estimate of drug-likeness (QED) is 0.164. The van der Waals surface area contributed by atoms with Gasteiger partial charge >= 0.3 is 0 Å². The lowest BCUT2D eigenvalue weighted by Gasteiger charge is -2.15. The number of aliphatic hydroxyl groups is 1. The molecule has 0 bridgehead atoms. The van der Waals surface area contributed by atoms with Gasteiger partial charge in [0.1, 0.15) is 22.0 Å². The standard InChI is InChI=1S/C23H27N5O4S2/c1-31-7-8-32-17-10-13-9-16(23-27-12-14(34-23)11-18(30)25-5-6-29)28-21(13)20(24)19(17)15-3-2-4-26-22(15)33/h2-4,9-10,14,28-29H,5-8,11-12,24H2,1H3,(H,25,30)(H,26,33). The Bertz CT molecular complexity index is 1270. The van der Waals surface area contributed by atoms with Crippen molar-refractivity contribution in [3.8, 4) is 16.9 Å². The fourth-order valence-electron chi connectivity index (χ4n) is 3.78. The molecule has 3 heterocycles. The summed E-state index contributed by atoms with van der Waals surface area (Å²) < 4.78 is 11.7. The molecule has 0 saturated heterocycles. The van der Waals surface area contributed by atoms with Crippen LogP contribution in [0.3, 0.4) is 0 Å². The van der Waals surface area contributed by atoms with Crippen LogP contribution in [0.1, 0.15) is 12.1 Å². The highest BCUT2D eigenvalue weighted by Gasteiger charge is 2.25. The average Bonchev–Trinajstić information content (AvgIpc) is 3.46. The van der Waals surface area contributed by atoms with Crippen molar-refractivity contribution in [3.63, 3.8) is 0 Å². The first-order valence-electron chi connectivity index (χ1n) is 10.9. The molecular weight excluding hydrogens is 474 g/mol. The predicted octanol–water partition coefficient (Wildman–Crippen LogP) is 2.86. The van der Waals surface area contributed by atoms with Gasteiger partial charge in [0.15, 0.2) is 0 Å². The Morgan fingerprint density at radius 2 is 2.26 bits per heavy atom. The van der Waals surface area contributed by atoms with Gasteiger partial charge in [-0.1, -0.05) is 24.0 Å². The number of rotatable bonds is 10. The van der Waals surface area contributed by atoms with Crippen molar-refractivity contribution in [2.24, 2.45) is 4.99 Å². The third kappa shape index (κ3) is 5.27. The molecule has 9 nitrogen and oxygen atoms in total. The summed E-state index contributed by atoms with van der Waals surface area (Å²) in [6.07, 6.45) is 2.11. The summed E-state index contributed by atoms with van der Waals surface area (Å²) in [6.45, 7) is 1.55. The minimum atomic E-state index is -0.0919. The summed E-state index contributed by atoms with van der Waals surface area (Å²) in [5.41, 5.74) is 10.3. The maximum atomic E-state index is 12.0. The third-order valence-corrected chi connectivity index (χ3v) is 6.91. The number of nitrogens with zero attached hydrogens (tertiary/aromatic N) is 1. The Morgan fingerprint density at radius 3 is 3.03 bits per heavy atom. The molecule has 1 aliphatic rings. The minimum absolute atomic E-state index is 0.0450. The van der Waals surface area contributed by atoms with Crippen LogP contribution in [0.25, 0.3) is 22.0 Å². The fourth-order valence-corrected chi connectivity index (χ4v) is 5.11. The van der Waals surface area contributed by atoms with E-state index in [2.05, 4.69) is 20.3 Å². The molecule has 1 amide bonds. The number of thioether (sulfide) groups is 1. The van der Waals surface area contributed by atoms with Gasteiger partial charge in [-0.25, -0.2) is 0 Å². The smallest absolute Gasteiger partial charge is 0.221 e. The number of hydrogen-bond donors (Lipinski definition) is 5. The third-order valence-electron chi connectivity index (χ3n) is 5.35. The molecule has 180 valence electrons. The number of hydrogen-bond acceptors (Lipinski definition) is 8. The summed E-state index contributed by atoms with van der Waals surface area (Å²) in [4.78, 5) is 23.1. The second-order valence-electron chi connectivity index (χ2n) is 7.73. The van der Waals surface area contributed by atoms with E-state index < -0.39 is 0 Å². The first-order chi connectivity index (χ1) is 16.5. The number of nitrogen functional groups attached to an aromatic ring is 1. The Balaban J connectivity index is 1.65. The van der Waals surface area contributed by atoms with Crippen LogP contribution in [0.2, 0.25) is 0 Å². The van der Waals surface area contributed by atoms with E-state index in [9.17, 15) is 4.79 Å². The molecule has 34 heavy (non-hydrogen) atoms. The number of aromatic amines is 2. The number of pyridine rings is 1. The lowest BCUT2D eigenvalue weighted by Crippen LogP contribution is -2.29. The number of H-pyrrole nitrogens is 2. The van der Waals surface area contributed by atoms with Gasteiger partial charge in [-0.05, 0) is 24.3 Å². The molecule has 0 radical (unpaired) electrons. The van der Waals surface area contributed by atoms with E-state index in [4.69, 9.17) is 32.5 Å². The molecule has 0 aliphatic carbocycles. The van der Waals surface area contributed by atoms with E-state index in [0.29, 0.717) is 42.3 Å². The molecule has 1 aromatic carbocycles. The molecule has 1 aliphatic heterocycles. The van der Waals surface area contributed by atoms with Crippen LogP contribution < -0.4 is 15.8 Å². The fraction of sp³-hybridized carbons (Fsp3) is 0.348. The Labute approximate surface area is 206 Å². The van der Waals surface area contributed by atoms with E-state index in [1.54, 1.807) is 25.1 Å². The topological polar surface area (TPSA) is 138 Å². The van der Waals surface area contributed by atoms with Crippen molar-refractivity contribution in [2.45, 2.75) is 11.7 Å². The lowest BCUT2D eigenvalue weighted by molar-refractivity contribution is -0.121.